The summed E-state index contributed by atoms with van der Waals surface area (Å²) in [5.41, 5.74) is 0. The first-order chi connectivity index (χ1) is 6.77. The molecule has 0 bridgehead atoms. The monoisotopic (exact) mass is 198 g/mol. The van der Waals surface area contributed by atoms with Crippen molar-refractivity contribution in [1.82, 2.24) is 0 Å². The summed E-state index contributed by atoms with van der Waals surface area (Å²) in [6, 6.07) is 0. The van der Waals surface area contributed by atoms with E-state index < -0.39 is 0 Å². The van der Waals surface area contributed by atoms with Crippen LogP contribution in [0.3, 0.4) is 0 Å². The van der Waals surface area contributed by atoms with Crippen LogP contribution in [0.25, 0.3) is 0 Å². The number of hydrogen-bond donors (Lipinski definition) is 0. The largest absolute Gasteiger partial charge is 0.459 e. The van der Waals surface area contributed by atoms with Crippen LogP contribution in [0, 0.1) is 0 Å². The zero-order valence-electron chi connectivity index (χ0n) is 9.42. The molecule has 1 rings (SSSR count). The van der Waals surface area contributed by atoms with Crippen LogP contribution in [0.5, 0.6) is 0 Å². The molecule has 0 aromatic heterocycles. The normalized spacial score (nSPS) is 26.0. The Hall–Kier alpha value is -0.660. The highest BCUT2D eigenvalue weighted by atomic mass is 16.7. The van der Waals surface area contributed by atoms with Crippen molar-refractivity contribution in [2.75, 3.05) is 0 Å². The van der Waals surface area contributed by atoms with E-state index in [4.69, 9.17) is 9.47 Å². The van der Waals surface area contributed by atoms with Gasteiger partial charge in [0.15, 0.2) is 0 Å². The Kier molecular flexibility index (Phi) is 4.85. The fourth-order valence-electron chi connectivity index (χ4n) is 1.82. The molecule has 0 radical (unpaired) electrons. The van der Waals surface area contributed by atoms with Gasteiger partial charge in [-0.05, 0) is 32.3 Å². The van der Waals surface area contributed by atoms with Crippen molar-refractivity contribution in [3.8, 4) is 0 Å². The minimum Gasteiger partial charge on any atom is -0.459 e. The first-order valence-electron chi connectivity index (χ1n) is 5.80. The molecule has 0 aromatic carbocycles. The Morgan fingerprint density at radius 1 is 1.00 bits per heavy atom. The van der Waals surface area contributed by atoms with Gasteiger partial charge in [0.25, 0.3) is 5.95 Å². The predicted octanol–water partition coefficient (Wildman–Crippen LogP) is 3.62. The van der Waals surface area contributed by atoms with Crippen LogP contribution in [0.4, 0.5) is 0 Å². The van der Waals surface area contributed by atoms with E-state index in [0.29, 0.717) is 5.95 Å². The lowest BCUT2D eigenvalue weighted by Gasteiger charge is -2.14. The lowest BCUT2D eigenvalue weighted by Crippen LogP contribution is -2.22. The molecule has 2 atom stereocenters. The minimum atomic E-state index is 0.258. The third kappa shape index (κ3) is 3.24. The van der Waals surface area contributed by atoms with Crippen LogP contribution >= 0.6 is 0 Å². The molecule has 0 aromatic rings. The van der Waals surface area contributed by atoms with Crippen LogP contribution in [0.2, 0.25) is 0 Å². The summed E-state index contributed by atoms with van der Waals surface area (Å²) in [6.07, 6.45) is 7.57. The van der Waals surface area contributed by atoms with E-state index in [-0.39, 0.29) is 12.2 Å². The Morgan fingerprint density at radius 2 is 1.43 bits per heavy atom. The second kappa shape index (κ2) is 5.94. The van der Waals surface area contributed by atoms with Gasteiger partial charge in [-0.15, -0.1) is 0 Å². The number of unbranched alkanes of at least 4 members (excludes halogenated alkanes) is 2. The van der Waals surface area contributed by atoms with E-state index in [0.717, 1.165) is 12.8 Å². The predicted molar refractivity (Wildman–Crippen MR) is 57.9 cm³/mol. The molecule has 0 saturated carbocycles. The third-order valence-electron chi connectivity index (χ3n) is 2.66. The van der Waals surface area contributed by atoms with Gasteiger partial charge in [-0.3, -0.25) is 0 Å². The molecular formula is C12H22O2. The molecule has 0 aliphatic carbocycles. The molecule has 0 N–H and O–H groups in total. The van der Waals surface area contributed by atoms with Crippen LogP contribution in [0.1, 0.15) is 52.4 Å². The highest BCUT2D eigenvalue weighted by Gasteiger charge is 2.31. The second-order valence-corrected chi connectivity index (χ2v) is 3.97. The Bertz CT molecular complexity index is 159. The van der Waals surface area contributed by atoms with Crippen molar-refractivity contribution in [3.63, 3.8) is 0 Å². The van der Waals surface area contributed by atoms with Crippen LogP contribution < -0.4 is 0 Å². The van der Waals surface area contributed by atoms with E-state index in [1.165, 1.54) is 25.7 Å². The molecular weight excluding hydrogens is 176 g/mol. The van der Waals surface area contributed by atoms with Crippen molar-refractivity contribution in [1.29, 1.82) is 0 Å². The Labute approximate surface area is 87.3 Å². The van der Waals surface area contributed by atoms with Gasteiger partial charge in [-0.1, -0.05) is 26.7 Å². The van der Waals surface area contributed by atoms with Crippen molar-refractivity contribution < 1.29 is 9.47 Å². The van der Waals surface area contributed by atoms with Gasteiger partial charge in [-0.2, -0.15) is 0 Å². The summed E-state index contributed by atoms with van der Waals surface area (Å²) in [4.78, 5) is 0. The van der Waals surface area contributed by atoms with Crippen molar-refractivity contribution in [3.05, 3.63) is 12.5 Å². The van der Waals surface area contributed by atoms with Gasteiger partial charge in [0.2, 0.25) is 0 Å². The first-order valence-corrected chi connectivity index (χ1v) is 5.80. The molecule has 0 amide bonds. The molecule has 1 aliphatic heterocycles. The molecule has 1 aliphatic rings. The summed E-state index contributed by atoms with van der Waals surface area (Å²) in [7, 11) is 0. The van der Waals surface area contributed by atoms with Crippen molar-refractivity contribution in [2.24, 2.45) is 0 Å². The number of rotatable bonds is 6. The summed E-state index contributed by atoms with van der Waals surface area (Å²) < 4.78 is 11.1. The summed E-state index contributed by atoms with van der Waals surface area (Å²) in [5.74, 6) is 0.521. The minimum absolute atomic E-state index is 0.258. The lowest BCUT2D eigenvalue weighted by molar-refractivity contribution is 0.134. The van der Waals surface area contributed by atoms with Gasteiger partial charge in [0, 0.05) is 0 Å². The Balaban J connectivity index is 2.33. The molecule has 1 fully saturated rings. The van der Waals surface area contributed by atoms with Crippen molar-refractivity contribution >= 4 is 0 Å². The molecule has 0 spiro atoms. The van der Waals surface area contributed by atoms with Crippen LogP contribution in [0.15, 0.2) is 12.5 Å². The van der Waals surface area contributed by atoms with E-state index in [1.54, 1.807) is 0 Å². The third-order valence-corrected chi connectivity index (χ3v) is 2.66. The second-order valence-electron chi connectivity index (χ2n) is 3.97. The topological polar surface area (TPSA) is 18.5 Å². The zero-order chi connectivity index (χ0) is 10.4. The SMILES string of the molecule is C=C1OC(CCCC)C(CCCC)O1. The van der Waals surface area contributed by atoms with Crippen LogP contribution in [-0.2, 0) is 9.47 Å². The summed E-state index contributed by atoms with van der Waals surface area (Å²) in [6.45, 7) is 8.13. The maximum Gasteiger partial charge on any atom is 0.272 e. The first kappa shape index (κ1) is 11.4. The van der Waals surface area contributed by atoms with Gasteiger partial charge >= 0.3 is 0 Å². The van der Waals surface area contributed by atoms with Gasteiger partial charge < -0.3 is 9.47 Å². The number of ether oxygens (including phenoxy) is 2. The highest BCUT2D eigenvalue weighted by molar-refractivity contribution is 4.87. The quantitative estimate of drug-likeness (QED) is 0.649. The summed E-state index contributed by atoms with van der Waals surface area (Å²) >= 11 is 0. The zero-order valence-corrected chi connectivity index (χ0v) is 9.42. The molecule has 2 nitrogen and oxygen atoms in total. The fourth-order valence-corrected chi connectivity index (χ4v) is 1.82. The smallest absolute Gasteiger partial charge is 0.272 e. The highest BCUT2D eigenvalue weighted by Crippen LogP contribution is 2.27. The number of hydrogen-bond acceptors (Lipinski definition) is 2. The molecule has 1 heterocycles. The molecule has 82 valence electrons. The van der Waals surface area contributed by atoms with Gasteiger partial charge in [0.05, 0.1) is 0 Å². The average Bonchev–Trinajstić information content (AvgIpc) is 2.52. The average molecular weight is 198 g/mol. The molecule has 2 unspecified atom stereocenters. The van der Waals surface area contributed by atoms with E-state index in [1.807, 2.05) is 0 Å². The molecule has 14 heavy (non-hydrogen) atoms. The van der Waals surface area contributed by atoms with Gasteiger partial charge in [0.1, 0.15) is 12.2 Å². The van der Waals surface area contributed by atoms with Crippen molar-refractivity contribution in [2.45, 2.75) is 64.6 Å². The standard InChI is InChI=1S/C12H22O2/c1-4-6-8-11-12(9-7-5-2)14-10(3)13-11/h11-12H,3-9H2,1-2H3. The van der Waals surface area contributed by atoms with E-state index in [2.05, 4.69) is 20.4 Å². The van der Waals surface area contributed by atoms with E-state index >= 15 is 0 Å². The molecule has 1 saturated heterocycles. The molecule has 2 heteroatoms. The fraction of sp³-hybridized carbons (Fsp3) is 0.833. The summed E-state index contributed by atoms with van der Waals surface area (Å²) in [5, 5.41) is 0. The van der Waals surface area contributed by atoms with Crippen LogP contribution in [-0.4, -0.2) is 12.2 Å². The van der Waals surface area contributed by atoms with E-state index in [9.17, 15) is 0 Å². The maximum absolute atomic E-state index is 5.56. The maximum atomic E-state index is 5.56. The lowest BCUT2D eigenvalue weighted by atomic mass is 10.0. The Morgan fingerprint density at radius 3 is 1.79 bits per heavy atom. The van der Waals surface area contributed by atoms with Gasteiger partial charge in [-0.25, -0.2) is 0 Å².